The van der Waals surface area contributed by atoms with Crippen LogP contribution in [-0.4, -0.2) is 25.7 Å². The molecule has 0 heterocycles. The van der Waals surface area contributed by atoms with Gasteiger partial charge in [-0.1, -0.05) is 13.3 Å². The van der Waals surface area contributed by atoms with Crippen molar-refractivity contribution in [1.82, 2.24) is 5.32 Å². The van der Waals surface area contributed by atoms with E-state index in [0.717, 1.165) is 12.8 Å². The highest BCUT2D eigenvalue weighted by Crippen LogP contribution is 2.32. The maximum Gasteiger partial charge on any atom is 0.253 e. The van der Waals surface area contributed by atoms with Gasteiger partial charge in [-0.05, 0) is 26.3 Å². The third-order valence-electron chi connectivity index (χ3n) is 3.13. The van der Waals surface area contributed by atoms with Gasteiger partial charge in [-0.15, -0.1) is 0 Å². The second-order valence-electron chi connectivity index (χ2n) is 5.38. The Kier molecular flexibility index (Phi) is 5.25. The van der Waals surface area contributed by atoms with Crippen LogP contribution in [0.3, 0.4) is 0 Å². The Morgan fingerprint density at radius 3 is 2.30 bits per heavy atom. The van der Waals surface area contributed by atoms with Gasteiger partial charge in [-0.2, -0.15) is 0 Å². The first-order valence-corrected chi connectivity index (χ1v) is 6.68. The molecule has 0 spiro atoms. The van der Waals surface area contributed by atoms with E-state index in [1.165, 1.54) is 14.2 Å². The fraction of sp³-hybridized carbons (Fsp3) is 0.533. The molecule has 1 aromatic rings. The van der Waals surface area contributed by atoms with Crippen LogP contribution < -0.4 is 20.5 Å². The molecule has 1 amide bonds. The average molecular weight is 280 g/mol. The summed E-state index contributed by atoms with van der Waals surface area (Å²) < 4.78 is 10.4. The molecule has 0 aliphatic heterocycles. The fourth-order valence-electron chi connectivity index (χ4n) is 2.15. The average Bonchev–Trinajstić information content (AvgIpc) is 2.37. The van der Waals surface area contributed by atoms with Gasteiger partial charge in [0.25, 0.3) is 5.91 Å². The van der Waals surface area contributed by atoms with Gasteiger partial charge in [0.1, 0.15) is 0 Å². The zero-order valence-corrected chi connectivity index (χ0v) is 12.9. The summed E-state index contributed by atoms with van der Waals surface area (Å²) in [6, 6.07) is 3.20. The van der Waals surface area contributed by atoms with E-state index in [-0.39, 0.29) is 11.4 Å². The lowest BCUT2D eigenvalue weighted by Crippen LogP contribution is -2.43. The minimum atomic E-state index is -0.272. The lowest BCUT2D eigenvalue weighted by Gasteiger charge is -2.26. The number of benzene rings is 1. The summed E-state index contributed by atoms with van der Waals surface area (Å²) in [5.74, 6) is 0.788. The summed E-state index contributed by atoms with van der Waals surface area (Å²) in [5, 5.41) is 2.99. The smallest absolute Gasteiger partial charge is 0.253 e. The second kappa shape index (κ2) is 6.50. The molecule has 20 heavy (non-hydrogen) atoms. The number of hydrogen-bond acceptors (Lipinski definition) is 4. The molecule has 0 radical (unpaired) electrons. The number of anilines is 1. The lowest BCUT2D eigenvalue weighted by atomic mass is 9.98. The van der Waals surface area contributed by atoms with Crippen LogP contribution in [0.15, 0.2) is 12.1 Å². The van der Waals surface area contributed by atoms with Crippen molar-refractivity contribution in [2.75, 3.05) is 20.0 Å². The molecule has 5 heteroatoms. The molecule has 0 aromatic heterocycles. The number of carbonyl (C=O) groups is 1. The number of ether oxygens (including phenoxy) is 2. The van der Waals surface area contributed by atoms with Crippen molar-refractivity contribution in [3.63, 3.8) is 0 Å². The van der Waals surface area contributed by atoms with E-state index in [2.05, 4.69) is 12.2 Å². The maximum absolute atomic E-state index is 12.3. The highest BCUT2D eigenvalue weighted by Gasteiger charge is 2.22. The van der Waals surface area contributed by atoms with Crippen molar-refractivity contribution in [3.8, 4) is 11.5 Å². The topological polar surface area (TPSA) is 73.6 Å². The fourth-order valence-corrected chi connectivity index (χ4v) is 2.15. The van der Waals surface area contributed by atoms with E-state index < -0.39 is 0 Å². The Bertz CT molecular complexity index is 484. The summed E-state index contributed by atoms with van der Waals surface area (Å²) in [5.41, 5.74) is 6.41. The van der Waals surface area contributed by atoms with Gasteiger partial charge in [0.15, 0.2) is 11.5 Å². The minimum absolute atomic E-state index is 0.207. The molecule has 0 saturated heterocycles. The standard InChI is InChI=1S/C15H24N2O3/c1-6-7-15(2,3)17-14(18)10-8-12(19-4)13(20-5)9-11(10)16/h8-9H,6-7,16H2,1-5H3,(H,17,18). The summed E-state index contributed by atoms with van der Waals surface area (Å²) in [6.07, 6.45) is 1.89. The first-order chi connectivity index (χ1) is 9.34. The van der Waals surface area contributed by atoms with Gasteiger partial charge in [-0.25, -0.2) is 0 Å². The number of hydrogen-bond donors (Lipinski definition) is 2. The largest absolute Gasteiger partial charge is 0.493 e. The molecule has 3 N–H and O–H groups in total. The van der Waals surface area contributed by atoms with Crippen LogP contribution in [-0.2, 0) is 0 Å². The van der Waals surface area contributed by atoms with E-state index in [1.54, 1.807) is 12.1 Å². The molecule has 5 nitrogen and oxygen atoms in total. The van der Waals surface area contributed by atoms with Crippen molar-refractivity contribution >= 4 is 11.6 Å². The van der Waals surface area contributed by atoms with Crippen LogP contribution in [0.4, 0.5) is 5.69 Å². The molecule has 0 saturated carbocycles. The molecule has 112 valence electrons. The van der Waals surface area contributed by atoms with E-state index >= 15 is 0 Å². The molecule has 0 atom stereocenters. The van der Waals surface area contributed by atoms with Gasteiger partial charge in [0.05, 0.1) is 19.8 Å². The lowest BCUT2D eigenvalue weighted by molar-refractivity contribution is 0.0909. The van der Waals surface area contributed by atoms with Gasteiger partial charge in [0, 0.05) is 17.3 Å². The van der Waals surface area contributed by atoms with Crippen molar-refractivity contribution in [3.05, 3.63) is 17.7 Å². The van der Waals surface area contributed by atoms with Gasteiger partial charge in [0.2, 0.25) is 0 Å². The summed E-state index contributed by atoms with van der Waals surface area (Å²) >= 11 is 0. The van der Waals surface area contributed by atoms with E-state index in [9.17, 15) is 4.79 Å². The van der Waals surface area contributed by atoms with Gasteiger partial charge < -0.3 is 20.5 Å². The third kappa shape index (κ3) is 3.79. The van der Waals surface area contributed by atoms with Crippen molar-refractivity contribution < 1.29 is 14.3 Å². The predicted octanol–water partition coefficient (Wildman–Crippen LogP) is 2.59. The van der Waals surface area contributed by atoms with Crippen molar-refractivity contribution in [1.29, 1.82) is 0 Å². The predicted molar refractivity (Wildman–Crippen MR) is 80.4 cm³/mol. The van der Waals surface area contributed by atoms with Crippen LogP contribution >= 0.6 is 0 Å². The summed E-state index contributed by atoms with van der Waals surface area (Å²) in [7, 11) is 3.05. The number of nitrogen functional groups attached to an aromatic ring is 1. The number of amides is 1. The van der Waals surface area contributed by atoms with Crippen LogP contribution in [0, 0.1) is 0 Å². The van der Waals surface area contributed by atoms with Crippen LogP contribution in [0.2, 0.25) is 0 Å². The minimum Gasteiger partial charge on any atom is -0.493 e. The van der Waals surface area contributed by atoms with Crippen LogP contribution in [0.1, 0.15) is 44.0 Å². The molecule has 1 aromatic carbocycles. The van der Waals surface area contributed by atoms with Gasteiger partial charge in [-0.3, -0.25) is 4.79 Å². The number of carbonyl (C=O) groups excluding carboxylic acids is 1. The zero-order chi connectivity index (χ0) is 15.3. The first kappa shape index (κ1) is 16.1. The number of nitrogens with one attached hydrogen (secondary N) is 1. The number of methoxy groups -OCH3 is 2. The number of rotatable bonds is 6. The highest BCUT2D eigenvalue weighted by molar-refractivity contribution is 6.00. The Hall–Kier alpha value is -1.91. The van der Waals surface area contributed by atoms with E-state index in [1.807, 2.05) is 13.8 Å². The maximum atomic E-state index is 12.3. The molecule has 1 rings (SSSR count). The van der Waals surface area contributed by atoms with Crippen LogP contribution in [0.25, 0.3) is 0 Å². The Balaban J connectivity index is 3.04. The summed E-state index contributed by atoms with van der Waals surface area (Å²) in [4.78, 5) is 12.3. The first-order valence-electron chi connectivity index (χ1n) is 6.68. The quantitative estimate of drug-likeness (QED) is 0.785. The van der Waals surface area contributed by atoms with E-state index in [4.69, 9.17) is 15.2 Å². The summed E-state index contributed by atoms with van der Waals surface area (Å²) in [6.45, 7) is 6.06. The Labute approximate surface area is 120 Å². The normalized spacial score (nSPS) is 11.1. The van der Waals surface area contributed by atoms with Crippen LogP contribution in [0.5, 0.6) is 11.5 Å². The Morgan fingerprint density at radius 2 is 1.80 bits per heavy atom. The molecule has 0 unspecified atom stereocenters. The molecular weight excluding hydrogens is 256 g/mol. The molecule has 0 fully saturated rings. The van der Waals surface area contributed by atoms with Crippen molar-refractivity contribution in [2.45, 2.75) is 39.2 Å². The SMILES string of the molecule is CCCC(C)(C)NC(=O)c1cc(OC)c(OC)cc1N. The van der Waals surface area contributed by atoms with Gasteiger partial charge >= 0.3 is 0 Å². The third-order valence-corrected chi connectivity index (χ3v) is 3.13. The molecule has 0 aliphatic carbocycles. The second-order valence-corrected chi connectivity index (χ2v) is 5.38. The van der Waals surface area contributed by atoms with E-state index in [0.29, 0.717) is 22.7 Å². The Morgan fingerprint density at radius 1 is 1.25 bits per heavy atom. The van der Waals surface area contributed by atoms with Crippen molar-refractivity contribution in [2.24, 2.45) is 0 Å². The zero-order valence-electron chi connectivity index (χ0n) is 12.9. The molecular formula is C15H24N2O3. The monoisotopic (exact) mass is 280 g/mol. The molecule has 0 bridgehead atoms. The number of nitrogens with two attached hydrogens (primary N) is 1. The highest BCUT2D eigenvalue weighted by atomic mass is 16.5. The molecule has 0 aliphatic rings.